The molecule has 2 aromatic heterocycles. The number of H-pyrrole nitrogens is 1. The quantitative estimate of drug-likeness (QED) is 0.483. The molecule has 0 unspecified atom stereocenters. The Morgan fingerprint density at radius 1 is 1.31 bits per heavy atom. The van der Waals surface area contributed by atoms with Gasteiger partial charge in [0.1, 0.15) is 0 Å². The molecule has 2 aromatic carbocycles. The standard InChI is InChI=1S/C19H17N3O3S/c1-22-9-8-12-11(4-3-7-16(12)22)15(10-23)20-18(24)13-5-2-6-14-17(13)25-19(26)21-14/h2-9,15,23H,10H2,1H3,(H,20,24)(H,21,26)/t15-/m1/s1. The Bertz CT molecular complexity index is 1170. The third kappa shape index (κ3) is 2.71. The van der Waals surface area contributed by atoms with Crippen LogP contribution in [0.4, 0.5) is 0 Å². The molecule has 0 aliphatic rings. The Hall–Kier alpha value is -2.90. The van der Waals surface area contributed by atoms with Crippen molar-refractivity contribution in [1.29, 1.82) is 0 Å². The number of aromatic amines is 1. The summed E-state index contributed by atoms with van der Waals surface area (Å²) in [5.41, 5.74) is 3.33. The average Bonchev–Trinajstić information content (AvgIpc) is 3.21. The number of hydrogen-bond donors (Lipinski definition) is 3. The number of para-hydroxylation sites is 1. The van der Waals surface area contributed by atoms with Crippen LogP contribution in [0.1, 0.15) is 22.0 Å². The fourth-order valence-corrected chi connectivity index (χ4v) is 3.43. The van der Waals surface area contributed by atoms with Gasteiger partial charge in [0.15, 0.2) is 5.58 Å². The normalized spacial score (nSPS) is 12.5. The highest BCUT2D eigenvalue weighted by Gasteiger charge is 2.20. The smallest absolute Gasteiger partial charge is 0.266 e. The van der Waals surface area contributed by atoms with Crippen molar-refractivity contribution < 1.29 is 14.3 Å². The summed E-state index contributed by atoms with van der Waals surface area (Å²) in [5, 5.41) is 13.8. The monoisotopic (exact) mass is 367 g/mol. The first-order chi connectivity index (χ1) is 12.6. The van der Waals surface area contributed by atoms with E-state index in [2.05, 4.69) is 10.3 Å². The lowest BCUT2D eigenvalue weighted by atomic mass is 10.0. The minimum absolute atomic E-state index is 0.216. The highest BCUT2D eigenvalue weighted by atomic mass is 32.1. The number of carbonyl (C=O) groups is 1. The molecule has 0 fully saturated rings. The zero-order chi connectivity index (χ0) is 18.3. The third-order valence-electron chi connectivity index (χ3n) is 4.52. The number of aliphatic hydroxyl groups excluding tert-OH is 1. The second-order valence-corrected chi connectivity index (χ2v) is 6.48. The first kappa shape index (κ1) is 16.6. The summed E-state index contributed by atoms with van der Waals surface area (Å²) in [4.78, 5) is 15.9. The van der Waals surface area contributed by atoms with Crippen molar-refractivity contribution in [2.24, 2.45) is 7.05 Å². The molecule has 1 atom stereocenters. The van der Waals surface area contributed by atoms with E-state index in [4.69, 9.17) is 16.6 Å². The van der Waals surface area contributed by atoms with Gasteiger partial charge in [-0.1, -0.05) is 18.2 Å². The van der Waals surface area contributed by atoms with E-state index in [1.54, 1.807) is 18.2 Å². The lowest BCUT2D eigenvalue weighted by Crippen LogP contribution is -2.31. The number of aryl methyl sites for hydroxylation is 1. The second kappa shape index (κ2) is 6.44. The van der Waals surface area contributed by atoms with Gasteiger partial charge in [0, 0.05) is 24.1 Å². The van der Waals surface area contributed by atoms with Crippen molar-refractivity contribution in [3.63, 3.8) is 0 Å². The molecule has 0 aliphatic heterocycles. The van der Waals surface area contributed by atoms with Crippen LogP contribution in [0.2, 0.25) is 0 Å². The molecule has 26 heavy (non-hydrogen) atoms. The minimum Gasteiger partial charge on any atom is -0.429 e. The fourth-order valence-electron chi connectivity index (χ4n) is 3.24. The maximum Gasteiger partial charge on any atom is 0.266 e. The number of amides is 1. The van der Waals surface area contributed by atoms with Crippen LogP contribution in [0.15, 0.2) is 53.1 Å². The van der Waals surface area contributed by atoms with Crippen LogP contribution in [0.3, 0.4) is 0 Å². The molecule has 6 nitrogen and oxygen atoms in total. The van der Waals surface area contributed by atoms with Crippen LogP contribution >= 0.6 is 12.2 Å². The third-order valence-corrected chi connectivity index (χ3v) is 4.70. The van der Waals surface area contributed by atoms with Gasteiger partial charge in [-0.05, 0) is 42.0 Å². The van der Waals surface area contributed by atoms with E-state index in [-0.39, 0.29) is 17.4 Å². The van der Waals surface area contributed by atoms with E-state index in [0.29, 0.717) is 16.7 Å². The number of nitrogens with one attached hydrogen (secondary N) is 2. The van der Waals surface area contributed by atoms with Gasteiger partial charge in [-0.15, -0.1) is 0 Å². The molecule has 7 heteroatoms. The van der Waals surface area contributed by atoms with Gasteiger partial charge in [0.2, 0.25) is 0 Å². The molecular formula is C19H17N3O3S. The van der Waals surface area contributed by atoms with Gasteiger partial charge in [-0.2, -0.15) is 0 Å². The molecule has 0 aliphatic carbocycles. The van der Waals surface area contributed by atoms with Gasteiger partial charge < -0.3 is 24.4 Å². The van der Waals surface area contributed by atoms with Gasteiger partial charge in [0.25, 0.3) is 10.7 Å². The summed E-state index contributed by atoms with van der Waals surface area (Å²) < 4.78 is 7.45. The van der Waals surface area contributed by atoms with Crippen molar-refractivity contribution in [3.8, 4) is 0 Å². The van der Waals surface area contributed by atoms with E-state index in [1.165, 1.54) is 0 Å². The van der Waals surface area contributed by atoms with Crippen molar-refractivity contribution in [1.82, 2.24) is 14.9 Å². The largest absolute Gasteiger partial charge is 0.429 e. The predicted molar refractivity (Wildman–Crippen MR) is 102 cm³/mol. The molecule has 0 saturated heterocycles. The number of aliphatic hydroxyl groups is 1. The zero-order valence-corrected chi connectivity index (χ0v) is 14.8. The summed E-state index contributed by atoms with van der Waals surface area (Å²) >= 11 is 5.01. The van der Waals surface area contributed by atoms with Crippen molar-refractivity contribution in [3.05, 3.63) is 64.6 Å². The SMILES string of the molecule is Cn1ccc2c([C@@H](CO)NC(=O)c3cccc4[nH]c(=S)oc34)cccc21. The number of nitrogens with zero attached hydrogens (tertiary/aromatic N) is 1. The predicted octanol–water partition coefficient (Wildman–Crippen LogP) is 3.45. The first-order valence-corrected chi connectivity index (χ1v) is 8.57. The Labute approximate surface area is 154 Å². The topological polar surface area (TPSA) is 83.2 Å². The maximum absolute atomic E-state index is 12.8. The van der Waals surface area contributed by atoms with E-state index < -0.39 is 6.04 Å². The average molecular weight is 367 g/mol. The molecule has 2 heterocycles. The first-order valence-electron chi connectivity index (χ1n) is 8.16. The highest BCUT2D eigenvalue weighted by molar-refractivity contribution is 7.71. The van der Waals surface area contributed by atoms with Crippen molar-refractivity contribution in [2.45, 2.75) is 6.04 Å². The Morgan fingerprint density at radius 3 is 2.92 bits per heavy atom. The number of rotatable bonds is 4. The number of benzene rings is 2. The van der Waals surface area contributed by atoms with Crippen molar-refractivity contribution >= 4 is 40.1 Å². The summed E-state index contributed by atoms with van der Waals surface area (Å²) in [7, 11) is 1.96. The van der Waals surface area contributed by atoms with Gasteiger partial charge >= 0.3 is 0 Å². The van der Waals surface area contributed by atoms with E-state index in [9.17, 15) is 9.90 Å². The van der Waals surface area contributed by atoms with Crippen LogP contribution in [0.5, 0.6) is 0 Å². The highest BCUT2D eigenvalue weighted by Crippen LogP contribution is 2.26. The van der Waals surface area contributed by atoms with Gasteiger partial charge in [-0.25, -0.2) is 0 Å². The molecule has 0 spiro atoms. The van der Waals surface area contributed by atoms with Crippen LogP contribution < -0.4 is 5.32 Å². The number of hydrogen-bond acceptors (Lipinski definition) is 4. The van der Waals surface area contributed by atoms with E-state index in [1.807, 2.05) is 42.1 Å². The molecule has 3 N–H and O–H groups in total. The molecule has 0 bridgehead atoms. The Balaban J connectivity index is 1.71. The summed E-state index contributed by atoms with van der Waals surface area (Å²) in [6.45, 7) is -0.216. The summed E-state index contributed by atoms with van der Waals surface area (Å²) in [6.07, 6.45) is 1.95. The molecule has 0 saturated carbocycles. The zero-order valence-electron chi connectivity index (χ0n) is 14.0. The number of aromatic nitrogens is 2. The van der Waals surface area contributed by atoms with E-state index in [0.717, 1.165) is 16.5 Å². The molecule has 4 aromatic rings. The minimum atomic E-state index is -0.536. The molecule has 1 amide bonds. The maximum atomic E-state index is 12.8. The summed E-state index contributed by atoms with van der Waals surface area (Å²) in [5.74, 6) is -0.333. The number of oxazole rings is 1. The Kier molecular flexibility index (Phi) is 4.10. The Morgan fingerprint density at radius 2 is 2.12 bits per heavy atom. The van der Waals surface area contributed by atoms with Gasteiger partial charge in [-0.3, -0.25) is 4.79 Å². The van der Waals surface area contributed by atoms with Crippen LogP contribution in [-0.2, 0) is 7.05 Å². The van der Waals surface area contributed by atoms with Crippen molar-refractivity contribution in [2.75, 3.05) is 6.61 Å². The summed E-state index contributed by atoms with van der Waals surface area (Å²) in [6, 6.07) is 12.5. The molecular weight excluding hydrogens is 350 g/mol. The van der Waals surface area contributed by atoms with Gasteiger partial charge in [0.05, 0.1) is 23.7 Å². The lowest BCUT2D eigenvalue weighted by Gasteiger charge is -2.18. The fraction of sp³-hybridized carbons (Fsp3) is 0.158. The van der Waals surface area contributed by atoms with Crippen LogP contribution in [-0.4, -0.2) is 27.2 Å². The lowest BCUT2D eigenvalue weighted by molar-refractivity contribution is 0.0917. The number of fused-ring (bicyclic) bond motifs is 2. The van der Waals surface area contributed by atoms with Crippen LogP contribution in [0.25, 0.3) is 22.0 Å². The molecule has 132 valence electrons. The van der Waals surface area contributed by atoms with Crippen LogP contribution in [0, 0.1) is 4.84 Å². The second-order valence-electron chi connectivity index (χ2n) is 6.11. The number of carbonyl (C=O) groups excluding carboxylic acids is 1. The molecule has 4 rings (SSSR count). The van der Waals surface area contributed by atoms with E-state index >= 15 is 0 Å². The molecule has 0 radical (unpaired) electrons.